The molecule has 0 fully saturated rings. The Balaban J connectivity index is 0. The molecule has 7 aromatic rings. The quantitative estimate of drug-likeness (QED) is 0.0565. The average Bonchev–Trinajstić information content (AvgIpc) is 1.85. The second-order valence-electron chi connectivity index (χ2n) is 34.1. The van der Waals surface area contributed by atoms with Gasteiger partial charge in [0.1, 0.15) is 18.6 Å². The van der Waals surface area contributed by atoms with Crippen LogP contribution in [-0.4, -0.2) is 74.8 Å². The molecule has 5 heterocycles. The van der Waals surface area contributed by atoms with E-state index in [1.807, 2.05) is 115 Å². The van der Waals surface area contributed by atoms with Crippen LogP contribution in [0.2, 0.25) is 0 Å². The zero-order chi connectivity index (χ0) is 75.3. The highest BCUT2D eigenvalue weighted by atomic mass is 32.2. The van der Waals surface area contributed by atoms with Crippen molar-refractivity contribution in [1.82, 2.24) is 39.1 Å². The number of benzene rings is 2. The highest BCUT2D eigenvalue weighted by Gasteiger charge is 2.26. The molecule has 0 radical (unpaired) electrons. The van der Waals surface area contributed by atoms with Crippen molar-refractivity contribution in [3.63, 3.8) is 0 Å². The van der Waals surface area contributed by atoms with Crippen molar-refractivity contribution in [1.29, 1.82) is 5.26 Å². The standard InChI is InChI=1S/C11H17NO.C11H17N.C10H15NO.C10H15NS.C9H14S.C8H14N4OS.C6H12N4.C6H11N.C6H14S/c1-11(2,3)10(12)8-4-6-9(13)7-5-8;1-11(2,3)10(12)9-7-5-4-6-8-9;1-10(2,3)8-11-6-4-9(12)5-7-11;1-10(2,3)8-12-9-4-6-11-7-5-9;1-9(2,3)7-8-5-4-6-10-8;1-8(2,3)5(11-13-4)6-10-7(9)14-12-6;1-6(2,3)4-10-8-5-7-9-10;1-6(2,3)4-5-7;1-6(2,3)5-7-4/h4-7,10,13H,12H2,1-3H3;4-8,10H,12H2,1-3H3;2*4-7H,8H2,1-3H3;4-6H,7H2,1-3H3;1-4H3,(H2,9,10,12);5H,4H2,1-3H3;4H2,1-3H3;5H2,1-4H3/b;;;;;11-5+;;;. The number of nitrogens with zero attached hydrogens (tertiary/aromatic N) is 10. The molecule has 7 N–H and O–H groups in total. The molecular weight excluding hydrogens is 1280 g/mol. The fraction of sp³-hybridized carbons (Fsp3) is 0.597. The first-order valence-electron chi connectivity index (χ1n) is 33.0. The van der Waals surface area contributed by atoms with E-state index in [4.69, 9.17) is 32.4 Å². The minimum atomic E-state index is -0.163. The van der Waals surface area contributed by atoms with E-state index in [-0.39, 0.29) is 55.8 Å². The van der Waals surface area contributed by atoms with E-state index >= 15 is 0 Å². The average molecular weight is 1410 g/mol. The minimum Gasteiger partial charge on any atom is -0.508 e. The molecule has 2 atom stereocenters. The van der Waals surface area contributed by atoms with E-state index < -0.39 is 0 Å². The Morgan fingerprint density at radius 3 is 1.49 bits per heavy atom. The summed E-state index contributed by atoms with van der Waals surface area (Å²) in [4.78, 5) is 28.0. The van der Waals surface area contributed by atoms with Gasteiger partial charge in [-0.05, 0) is 114 Å². The number of nitrogens with two attached hydrogens (primary N) is 3. The van der Waals surface area contributed by atoms with Crippen LogP contribution in [0.5, 0.6) is 5.75 Å². The number of aromatic nitrogens is 8. The molecule has 7 rings (SSSR count). The second kappa shape index (κ2) is 44.2. The summed E-state index contributed by atoms with van der Waals surface area (Å²) in [5.74, 6) is 3.23. The molecular formula is C77H129N13O3S4. The van der Waals surface area contributed by atoms with Gasteiger partial charge in [0, 0.05) is 94.4 Å². The zero-order valence-electron chi connectivity index (χ0n) is 65.1. The molecule has 20 heteroatoms. The van der Waals surface area contributed by atoms with Crippen molar-refractivity contribution in [2.24, 2.45) is 65.4 Å². The van der Waals surface area contributed by atoms with Crippen molar-refractivity contribution in [3.05, 3.63) is 160 Å². The van der Waals surface area contributed by atoms with Gasteiger partial charge < -0.3 is 31.7 Å². The Labute approximate surface area is 604 Å². The first-order valence-corrected chi connectivity index (χ1v) is 37.1. The summed E-state index contributed by atoms with van der Waals surface area (Å²) in [6, 6.07) is 31.1. The van der Waals surface area contributed by atoms with Crippen LogP contribution >= 0.6 is 46.4 Å². The number of thiophene rings is 1. The third-order valence-electron chi connectivity index (χ3n) is 12.1. The lowest BCUT2D eigenvalue weighted by Crippen LogP contribution is -2.26. The summed E-state index contributed by atoms with van der Waals surface area (Å²) in [6.07, 6.45) is 12.8. The molecule has 0 saturated heterocycles. The van der Waals surface area contributed by atoms with E-state index in [0.29, 0.717) is 39.3 Å². The number of hydrogen-bond acceptors (Lipinski definition) is 18. The largest absolute Gasteiger partial charge is 0.508 e. The normalized spacial score (nSPS) is 12.5. The van der Waals surface area contributed by atoms with Crippen LogP contribution < -0.4 is 22.6 Å². The molecule has 0 aliphatic heterocycles. The topological polar surface area (TPSA) is 248 Å². The lowest BCUT2D eigenvalue weighted by Gasteiger charge is -2.27. The molecule has 2 unspecified atom stereocenters. The maximum absolute atomic E-state index is 10.8. The van der Waals surface area contributed by atoms with E-state index in [1.165, 1.54) is 40.9 Å². The number of phenols is 1. The summed E-state index contributed by atoms with van der Waals surface area (Å²) in [5, 5.41) is 35.0. The van der Waals surface area contributed by atoms with Crippen LogP contribution in [0.4, 0.5) is 5.13 Å². The number of nitrogen functional groups attached to an aromatic ring is 1. The number of phenolic OH excluding ortho intramolecular Hbond substituents is 1. The Hall–Kier alpha value is -5.95. The Morgan fingerprint density at radius 1 is 0.649 bits per heavy atom. The van der Waals surface area contributed by atoms with Crippen LogP contribution in [0.3, 0.4) is 0 Å². The molecule has 0 aliphatic carbocycles. The summed E-state index contributed by atoms with van der Waals surface area (Å²) < 4.78 is 6.13. The molecule has 5 aromatic heterocycles. The first-order chi connectivity index (χ1) is 44.2. The maximum Gasteiger partial charge on any atom is 0.200 e. The monoisotopic (exact) mass is 1410 g/mol. The van der Waals surface area contributed by atoms with Gasteiger partial charge in [0.25, 0.3) is 0 Å². The SMILES string of the molecule is CC(C)(C)C(N)c1ccc(O)cc1.CC(C)(C)C(N)c1ccccc1.CC(C)(C)CC#N.CC(C)(C)CSc1ccncc1.CC(C)(C)Cc1cccs1.CC(C)(C)Cn1ccc(=O)cc1.CC(C)(C)Cn1ncnn1.CO/N=C(\c1nsc(N)n1)C(C)(C)C.CSCC(C)(C)C. The fourth-order valence-electron chi connectivity index (χ4n) is 7.40. The highest BCUT2D eigenvalue weighted by Crippen LogP contribution is 2.32. The zero-order valence-corrected chi connectivity index (χ0v) is 68.4. The van der Waals surface area contributed by atoms with Crippen molar-refractivity contribution < 1.29 is 9.94 Å². The first kappa shape index (κ1) is 93.1. The molecule has 0 amide bonds. The highest BCUT2D eigenvalue weighted by molar-refractivity contribution is 7.99. The maximum atomic E-state index is 10.8. The van der Waals surface area contributed by atoms with Gasteiger partial charge >= 0.3 is 0 Å². The number of nitriles is 1. The molecule has 544 valence electrons. The molecule has 0 spiro atoms. The Morgan fingerprint density at radius 2 is 1.15 bits per heavy atom. The number of aromatic hydroxyl groups is 1. The molecule has 0 aliphatic rings. The van der Waals surface area contributed by atoms with Crippen LogP contribution in [0.15, 0.2) is 142 Å². The summed E-state index contributed by atoms with van der Waals surface area (Å²) in [7, 11) is 1.50. The predicted octanol–water partition coefficient (Wildman–Crippen LogP) is 20.2. The van der Waals surface area contributed by atoms with Gasteiger partial charge in [-0.1, -0.05) is 241 Å². The number of tetrazole rings is 1. The van der Waals surface area contributed by atoms with Gasteiger partial charge in [0.15, 0.2) is 22.7 Å². The van der Waals surface area contributed by atoms with Gasteiger partial charge in [-0.3, -0.25) is 9.78 Å². The van der Waals surface area contributed by atoms with Crippen molar-refractivity contribution in [3.8, 4) is 11.8 Å². The number of thioether (sulfide) groups is 2. The fourth-order valence-corrected chi connectivity index (χ4v) is 10.6. The molecule has 0 bridgehead atoms. The number of anilines is 1. The van der Waals surface area contributed by atoms with Crippen molar-refractivity contribution in [2.45, 2.75) is 230 Å². The van der Waals surface area contributed by atoms with Crippen LogP contribution in [0.1, 0.15) is 227 Å². The van der Waals surface area contributed by atoms with Gasteiger partial charge in [-0.2, -0.15) is 31.2 Å². The van der Waals surface area contributed by atoms with Gasteiger partial charge in [0.2, 0.25) is 0 Å². The Kier molecular flexibility index (Phi) is 42.5. The number of hydrogen-bond donors (Lipinski definition) is 4. The van der Waals surface area contributed by atoms with E-state index in [2.05, 4.69) is 255 Å². The van der Waals surface area contributed by atoms with Crippen LogP contribution in [0, 0.1) is 60.1 Å². The lowest BCUT2D eigenvalue weighted by atomic mass is 9.83. The number of pyridine rings is 2. The molecule has 0 saturated carbocycles. The molecule has 97 heavy (non-hydrogen) atoms. The van der Waals surface area contributed by atoms with Crippen LogP contribution in [-0.2, 0) is 24.3 Å². The minimum absolute atomic E-state index is 0.00750. The van der Waals surface area contributed by atoms with Crippen molar-refractivity contribution >= 4 is 57.2 Å². The Bertz CT molecular complexity index is 3160. The van der Waals surface area contributed by atoms with E-state index in [1.54, 1.807) is 29.1 Å². The third kappa shape index (κ3) is 52.7. The smallest absolute Gasteiger partial charge is 0.200 e. The summed E-state index contributed by atoms with van der Waals surface area (Å²) in [5.41, 5.74) is 22.7. The summed E-state index contributed by atoms with van der Waals surface area (Å²) >= 11 is 6.80. The summed E-state index contributed by atoms with van der Waals surface area (Å²) in [6.45, 7) is 60.0. The predicted molar refractivity (Wildman–Crippen MR) is 421 cm³/mol. The van der Waals surface area contributed by atoms with E-state index in [9.17, 15) is 4.79 Å². The number of oxime groups is 1. The van der Waals surface area contributed by atoms with Gasteiger partial charge in [-0.25, -0.2) is 0 Å². The van der Waals surface area contributed by atoms with E-state index in [0.717, 1.165) is 35.9 Å². The number of rotatable bonds is 10. The third-order valence-corrected chi connectivity index (χ3v) is 16.3. The lowest BCUT2D eigenvalue weighted by molar-refractivity contribution is 0.209. The second-order valence-corrected chi connectivity index (χ2v) is 37.8. The molecule has 16 nitrogen and oxygen atoms in total. The van der Waals surface area contributed by atoms with Gasteiger partial charge in [-0.15, -0.1) is 33.3 Å². The van der Waals surface area contributed by atoms with Gasteiger partial charge in [0.05, 0.1) is 12.6 Å². The van der Waals surface area contributed by atoms with Crippen LogP contribution in [0.25, 0.3) is 0 Å². The van der Waals surface area contributed by atoms with Crippen molar-refractivity contribution in [2.75, 3.05) is 30.6 Å². The molecule has 2 aromatic carbocycles.